The lowest BCUT2D eigenvalue weighted by atomic mass is 10.1. The number of benzene rings is 1. The Morgan fingerprint density at radius 1 is 1.24 bits per heavy atom. The SMILES string of the molecule is CCCN(CC1CC1)C(=O)c1ccc(NS(=O)(=O)c2cccs2)cc1. The van der Waals surface area contributed by atoms with Crippen molar-refractivity contribution in [1.29, 1.82) is 0 Å². The first-order valence-corrected chi connectivity index (χ1v) is 10.8. The lowest BCUT2D eigenvalue weighted by molar-refractivity contribution is 0.0748. The van der Waals surface area contributed by atoms with Crippen molar-refractivity contribution in [3.05, 3.63) is 47.3 Å². The maximum Gasteiger partial charge on any atom is 0.271 e. The summed E-state index contributed by atoms with van der Waals surface area (Å²) in [5.41, 5.74) is 1.04. The molecule has 1 aliphatic carbocycles. The number of amides is 1. The average molecular weight is 379 g/mol. The third-order valence-electron chi connectivity index (χ3n) is 4.10. The molecule has 1 N–H and O–H groups in total. The van der Waals surface area contributed by atoms with E-state index in [0.717, 1.165) is 19.5 Å². The van der Waals surface area contributed by atoms with E-state index in [1.165, 1.54) is 24.2 Å². The Labute approximate surface area is 152 Å². The maximum atomic E-state index is 12.7. The molecule has 0 saturated heterocycles. The van der Waals surface area contributed by atoms with Gasteiger partial charge in [-0.2, -0.15) is 0 Å². The fourth-order valence-electron chi connectivity index (χ4n) is 2.64. The highest BCUT2D eigenvalue weighted by molar-refractivity contribution is 7.94. The second-order valence-corrected chi connectivity index (χ2v) is 9.17. The number of carbonyl (C=O) groups excluding carboxylic acids is 1. The highest BCUT2D eigenvalue weighted by Gasteiger charge is 2.26. The number of thiophene rings is 1. The highest BCUT2D eigenvalue weighted by Crippen LogP contribution is 2.30. The first kappa shape index (κ1) is 17.9. The maximum absolute atomic E-state index is 12.7. The summed E-state index contributed by atoms with van der Waals surface area (Å²) >= 11 is 1.17. The van der Waals surface area contributed by atoms with Gasteiger partial charge in [0.05, 0.1) is 0 Å². The Balaban J connectivity index is 1.69. The van der Waals surface area contributed by atoms with Gasteiger partial charge in [-0.15, -0.1) is 11.3 Å². The minimum Gasteiger partial charge on any atom is -0.338 e. The van der Waals surface area contributed by atoms with Crippen LogP contribution in [-0.4, -0.2) is 32.3 Å². The molecule has 1 saturated carbocycles. The van der Waals surface area contributed by atoms with E-state index in [1.807, 2.05) is 4.90 Å². The van der Waals surface area contributed by atoms with Crippen LogP contribution in [0, 0.1) is 5.92 Å². The molecule has 0 unspecified atom stereocenters. The molecule has 1 fully saturated rings. The van der Waals surface area contributed by atoms with Crippen molar-refractivity contribution < 1.29 is 13.2 Å². The first-order chi connectivity index (χ1) is 12.0. The van der Waals surface area contributed by atoms with Gasteiger partial charge in [-0.1, -0.05) is 13.0 Å². The Bertz CT molecular complexity index is 811. The van der Waals surface area contributed by atoms with Crippen LogP contribution < -0.4 is 4.72 Å². The monoisotopic (exact) mass is 378 g/mol. The molecule has 1 aliphatic rings. The summed E-state index contributed by atoms with van der Waals surface area (Å²) in [5, 5.41) is 1.72. The molecule has 1 aromatic heterocycles. The van der Waals surface area contributed by atoms with Gasteiger partial charge in [0.15, 0.2) is 0 Å². The van der Waals surface area contributed by atoms with Crippen LogP contribution in [0.1, 0.15) is 36.5 Å². The van der Waals surface area contributed by atoms with E-state index >= 15 is 0 Å². The summed E-state index contributed by atoms with van der Waals surface area (Å²) in [6.07, 6.45) is 3.34. The number of rotatable bonds is 8. The Hall–Kier alpha value is -1.86. The van der Waals surface area contributed by atoms with Gasteiger partial charge >= 0.3 is 0 Å². The molecule has 2 aromatic rings. The molecule has 0 atom stereocenters. The van der Waals surface area contributed by atoms with Crippen LogP contribution in [-0.2, 0) is 10.0 Å². The second kappa shape index (κ2) is 7.58. The molecular formula is C18H22N2O3S2. The third kappa shape index (κ3) is 4.61. The highest BCUT2D eigenvalue weighted by atomic mass is 32.2. The van der Waals surface area contributed by atoms with E-state index in [1.54, 1.807) is 41.8 Å². The minimum atomic E-state index is -3.56. The smallest absolute Gasteiger partial charge is 0.271 e. The van der Waals surface area contributed by atoms with E-state index in [9.17, 15) is 13.2 Å². The summed E-state index contributed by atoms with van der Waals surface area (Å²) in [7, 11) is -3.56. The number of hydrogen-bond donors (Lipinski definition) is 1. The van der Waals surface area contributed by atoms with E-state index in [0.29, 0.717) is 17.2 Å². The van der Waals surface area contributed by atoms with Crippen molar-refractivity contribution in [2.45, 2.75) is 30.4 Å². The van der Waals surface area contributed by atoms with E-state index in [2.05, 4.69) is 11.6 Å². The summed E-state index contributed by atoms with van der Waals surface area (Å²) in [4.78, 5) is 14.6. The van der Waals surface area contributed by atoms with Crippen LogP contribution in [0.3, 0.4) is 0 Å². The Morgan fingerprint density at radius 3 is 2.52 bits per heavy atom. The van der Waals surface area contributed by atoms with E-state index < -0.39 is 10.0 Å². The fourth-order valence-corrected chi connectivity index (χ4v) is 4.69. The predicted molar refractivity (Wildman–Crippen MR) is 100 cm³/mol. The quantitative estimate of drug-likeness (QED) is 0.759. The van der Waals surface area contributed by atoms with Crippen LogP contribution >= 0.6 is 11.3 Å². The molecule has 1 aromatic carbocycles. The zero-order valence-electron chi connectivity index (χ0n) is 14.1. The molecule has 0 bridgehead atoms. The molecule has 25 heavy (non-hydrogen) atoms. The standard InChI is InChI=1S/C18H22N2O3S2/c1-2-11-20(13-14-5-6-14)18(21)15-7-9-16(10-8-15)19-25(22,23)17-4-3-12-24-17/h3-4,7-10,12,14,19H,2,5-6,11,13H2,1H3. The number of carbonyl (C=O) groups is 1. The molecule has 1 heterocycles. The summed E-state index contributed by atoms with van der Waals surface area (Å²) in [5.74, 6) is 0.661. The molecule has 7 heteroatoms. The number of hydrogen-bond acceptors (Lipinski definition) is 4. The van der Waals surface area contributed by atoms with Gasteiger partial charge in [0.25, 0.3) is 15.9 Å². The molecule has 3 rings (SSSR count). The van der Waals surface area contributed by atoms with Crippen molar-refractivity contribution in [2.75, 3.05) is 17.8 Å². The zero-order chi connectivity index (χ0) is 17.9. The number of anilines is 1. The Morgan fingerprint density at radius 2 is 1.96 bits per heavy atom. The van der Waals surface area contributed by atoms with Crippen LogP contribution in [0.25, 0.3) is 0 Å². The average Bonchev–Trinajstić information content (AvgIpc) is 3.22. The summed E-state index contributed by atoms with van der Waals surface area (Å²) in [6.45, 7) is 3.64. The third-order valence-corrected chi connectivity index (χ3v) is 6.88. The van der Waals surface area contributed by atoms with Crippen molar-refractivity contribution in [1.82, 2.24) is 4.90 Å². The summed E-state index contributed by atoms with van der Waals surface area (Å²) < 4.78 is 27.3. The lowest BCUT2D eigenvalue weighted by Crippen LogP contribution is -2.33. The Kier molecular flexibility index (Phi) is 5.44. The number of nitrogens with zero attached hydrogens (tertiary/aromatic N) is 1. The molecule has 0 spiro atoms. The number of nitrogens with one attached hydrogen (secondary N) is 1. The molecule has 0 aliphatic heterocycles. The van der Waals surface area contributed by atoms with Crippen LogP contribution in [0.4, 0.5) is 5.69 Å². The van der Waals surface area contributed by atoms with Gasteiger partial charge in [0.1, 0.15) is 4.21 Å². The zero-order valence-corrected chi connectivity index (χ0v) is 15.8. The van der Waals surface area contributed by atoms with Crippen molar-refractivity contribution in [3.8, 4) is 0 Å². The topological polar surface area (TPSA) is 66.5 Å². The van der Waals surface area contributed by atoms with Gasteiger partial charge in [-0.3, -0.25) is 9.52 Å². The number of sulfonamides is 1. The van der Waals surface area contributed by atoms with Gasteiger partial charge < -0.3 is 4.90 Å². The minimum absolute atomic E-state index is 0.0152. The second-order valence-electron chi connectivity index (χ2n) is 6.31. The fraction of sp³-hybridized carbons (Fsp3) is 0.389. The van der Waals surface area contributed by atoms with Crippen LogP contribution in [0.15, 0.2) is 46.0 Å². The molecule has 134 valence electrons. The molecule has 5 nitrogen and oxygen atoms in total. The molecule has 0 radical (unpaired) electrons. The van der Waals surface area contributed by atoms with E-state index in [4.69, 9.17) is 0 Å². The largest absolute Gasteiger partial charge is 0.338 e. The van der Waals surface area contributed by atoms with Gasteiger partial charge in [0, 0.05) is 24.3 Å². The van der Waals surface area contributed by atoms with Crippen molar-refractivity contribution in [3.63, 3.8) is 0 Å². The van der Waals surface area contributed by atoms with Crippen molar-refractivity contribution in [2.24, 2.45) is 5.92 Å². The van der Waals surface area contributed by atoms with Crippen LogP contribution in [0.2, 0.25) is 0 Å². The summed E-state index contributed by atoms with van der Waals surface area (Å²) in [6, 6.07) is 9.90. The first-order valence-electron chi connectivity index (χ1n) is 8.45. The van der Waals surface area contributed by atoms with Crippen molar-refractivity contribution >= 4 is 33.0 Å². The van der Waals surface area contributed by atoms with Gasteiger partial charge in [0.2, 0.25) is 0 Å². The molecular weight excluding hydrogens is 356 g/mol. The predicted octanol–water partition coefficient (Wildman–Crippen LogP) is 3.81. The lowest BCUT2D eigenvalue weighted by Gasteiger charge is -2.22. The normalized spacial score (nSPS) is 14.3. The molecule has 1 amide bonds. The van der Waals surface area contributed by atoms with Gasteiger partial charge in [-0.05, 0) is 60.9 Å². The van der Waals surface area contributed by atoms with E-state index in [-0.39, 0.29) is 10.1 Å². The van der Waals surface area contributed by atoms with Crippen LogP contribution in [0.5, 0.6) is 0 Å². The van der Waals surface area contributed by atoms with Gasteiger partial charge in [-0.25, -0.2) is 8.42 Å².